The lowest BCUT2D eigenvalue weighted by Gasteiger charge is -2.11. The molecular weight excluding hydrogens is 204 g/mol. The average Bonchev–Trinajstić information content (AvgIpc) is 2.28. The maximum atomic E-state index is 11.9. The second kappa shape index (κ2) is 5.54. The number of hydrogen-bond acceptors (Lipinski definition) is 3. The van der Waals surface area contributed by atoms with Gasteiger partial charge in [0.15, 0.2) is 5.78 Å². The normalized spacial score (nSPS) is 10.0. The second-order valence-electron chi connectivity index (χ2n) is 3.70. The van der Waals surface area contributed by atoms with Crippen molar-refractivity contribution in [3.05, 3.63) is 23.3 Å². The highest BCUT2D eigenvalue weighted by atomic mass is 16.5. The summed E-state index contributed by atoms with van der Waals surface area (Å²) in [6, 6.07) is 3.59. The molecular formula is C13H18O3. The predicted octanol–water partition coefficient (Wildman–Crippen LogP) is 3.00. The fraction of sp³-hybridized carbons (Fsp3) is 0.462. The maximum Gasteiger partial charge on any atom is 0.166 e. The van der Waals surface area contributed by atoms with E-state index in [-0.39, 0.29) is 5.78 Å². The summed E-state index contributed by atoms with van der Waals surface area (Å²) in [6.45, 7) is 3.91. The number of aryl methyl sites for hydroxylation is 1. The second-order valence-corrected chi connectivity index (χ2v) is 3.70. The Hall–Kier alpha value is -1.51. The fourth-order valence-electron chi connectivity index (χ4n) is 1.63. The Labute approximate surface area is 96.4 Å². The van der Waals surface area contributed by atoms with Crippen LogP contribution in [-0.2, 0) is 0 Å². The van der Waals surface area contributed by atoms with Gasteiger partial charge in [-0.05, 0) is 31.0 Å². The van der Waals surface area contributed by atoms with Gasteiger partial charge in [0.2, 0.25) is 0 Å². The number of ketones is 1. The van der Waals surface area contributed by atoms with E-state index in [4.69, 9.17) is 9.47 Å². The number of methoxy groups -OCH3 is 2. The molecule has 0 saturated carbocycles. The summed E-state index contributed by atoms with van der Waals surface area (Å²) in [5, 5.41) is 0. The van der Waals surface area contributed by atoms with Crippen molar-refractivity contribution >= 4 is 5.78 Å². The van der Waals surface area contributed by atoms with Gasteiger partial charge in [-0.1, -0.05) is 6.92 Å². The third-order valence-electron chi connectivity index (χ3n) is 2.49. The highest BCUT2D eigenvalue weighted by molar-refractivity contribution is 5.99. The highest BCUT2D eigenvalue weighted by Gasteiger charge is 2.14. The van der Waals surface area contributed by atoms with Crippen molar-refractivity contribution in [3.8, 4) is 11.5 Å². The predicted molar refractivity (Wildman–Crippen MR) is 63.5 cm³/mol. The molecule has 1 aromatic carbocycles. The van der Waals surface area contributed by atoms with Crippen molar-refractivity contribution < 1.29 is 14.3 Å². The third kappa shape index (κ3) is 2.54. The Morgan fingerprint density at radius 3 is 2.31 bits per heavy atom. The van der Waals surface area contributed by atoms with Gasteiger partial charge >= 0.3 is 0 Å². The van der Waals surface area contributed by atoms with Gasteiger partial charge in [-0.3, -0.25) is 4.79 Å². The van der Waals surface area contributed by atoms with E-state index in [0.717, 1.165) is 17.7 Å². The van der Waals surface area contributed by atoms with Gasteiger partial charge in [0.05, 0.1) is 19.8 Å². The topological polar surface area (TPSA) is 35.5 Å². The van der Waals surface area contributed by atoms with E-state index in [1.165, 1.54) is 0 Å². The average molecular weight is 222 g/mol. The summed E-state index contributed by atoms with van der Waals surface area (Å²) in [5.74, 6) is 1.44. The van der Waals surface area contributed by atoms with Gasteiger partial charge in [-0.2, -0.15) is 0 Å². The van der Waals surface area contributed by atoms with Crippen LogP contribution in [0.15, 0.2) is 12.1 Å². The van der Waals surface area contributed by atoms with Crippen LogP contribution in [0, 0.1) is 6.92 Å². The molecule has 0 unspecified atom stereocenters. The molecule has 0 atom stereocenters. The molecule has 0 saturated heterocycles. The molecule has 0 spiro atoms. The van der Waals surface area contributed by atoms with Gasteiger partial charge in [0, 0.05) is 6.42 Å². The standard InChI is InChI=1S/C13H18O3/c1-5-6-11(14)10-8-12(15-3)9(2)7-13(10)16-4/h7-8H,5-6H2,1-4H3. The first-order valence-corrected chi connectivity index (χ1v) is 5.39. The van der Waals surface area contributed by atoms with E-state index in [0.29, 0.717) is 17.7 Å². The van der Waals surface area contributed by atoms with Gasteiger partial charge in [-0.25, -0.2) is 0 Å². The molecule has 16 heavy (non-hydrogen) atoms. The van der Waals surface area contributed by atoms with Crippen LogP contribution < -0.4 is 9.47 Å². The molecule has 0 aliphatic heterocycles. The number of benzene rings is 1. The van der Waals surface area contributed by atoms with Crippen molar-refractivity contribution in [1.29, 1.82) is 0 Å². The van der Waals surface area contributed by atoms with Gasteiger partial charge < -0.3 is 9.47 Å². The minimum Gasteiger partial charge on any atom is -0.496 e. The molecule has 0 amide bonds. The van der Waals surface area contributed by atoms with Crippen LogP contribution in [-0.4, -0.2) is 20.0 Å². The molecule has 0 heterocycles. The molecule has 0 aliphatic rings. The van der Waals surface area contributed by atoms with E-state index < -0.39 is 0 Å². The molecule has 3 nitrogen and oxygen atoms in total. The first-order chi connectivity index (χ1) is 7.63. The highest BCUT2D eigenvalue weighted by Crippen LogP contribution is 2.29. The number of Topliss-reactive ketones (excluding diaryl/α,β-unsaturated/α-hetero) is 1. The van der Waals surface area contributed by atoms with Gasteiger partial charge in [-0.15, -0.1) is 0 Å². The summed E-state index contributed by atoms with van der Waals surface area (Å²) in [6.07, 6.45) is 1.36. The Morgan fingerprint density at radius 1 is 1.19 bits per heavy atom. The zero-order valence-electron chi connectivity index (χ0n) is 10.3. The Bertz CT molecular complexity index is 383. The van der Waals surface area contributed by atoms with Crippen LogP contribution in [0.3, 0.4) is 0 Å². The lowest BCUT2D eigenvalue weighted by molar-refractivity contribution is 0.0978. The number of ether oxygens (including phenoxy) is 2. The first kappa shape index (κ1) is 12.6. The van der Waals surface area contributed by atoms with E-state index >= 15 is 0 Å². The van der Waals surface area contributed by atoms with Crippen LogP contribution in [0.5, 0.6) is 11.5 Å². The first-order valence-electron chi connectivity index (χ1n) is 5.39. The molecule has 0 N–H and O–H groups in total. The number of rotatable bonds is 5. The summed E-state index contributed by atoms with van der Waals surface area (Å²) >= 11 is 0. The molecule has 0 bridgehead atoms. The minimum absolute atomic E-state index is 0.0950. The van der Waals surface area contributed by atoms with Crippen molar-refractivity contribution in [2.45, 2.75) is 26.7 Å². The molecule has 1 rings (SSSR count). The number of carbonyl (C=O) groups is 1. The van der Waals surface area contributed by atoms with Crippen LogP contribution in [0.4, 0.5) is 0 Å². The van der Waals surface area contributed by atoms with Crippen molar-refractivity contribution in [2.75, 3.05) is 14.2 Å². The number of hydrogen-bond donors (Lipinski definition) is 0. The van der Waals surface area contributed by atoms with Crippen LogP contribution >= 0.6 is 0 Å². The molecule has 0 aromatic heterocycles. The van der Waals surface area contributed by atoms with Gasteiger partial charge in [0.1, 0.15) is 11.5 Å². The summed E-state index contributed by atoms with van der Waals surface area (Å²) in [4.78, 5) is 11.9. The van der Waals surface area contributed by atoms with Crippen molar-refractivity contribution in [2.24, 2.45) is 0 Å². The van der Waals surface area contributed by atoms with E-state index in [9.17, 15) is 4.79 Å². The molecule has 0 aliphatic carbocycles. The SMILES string of the molecule is CCCC(=O)c1cc(OC)c(C)cc1OC. The molecule has 0 fully saturated rings. The van der Waals surface area contributed by atoms with Crippen molar-refractivity contribution in [1.82, 2.24) is 0 Å². The monoisotopic (exact) mass is 222 g/mol. The van der Waals surface area contributed by atoms with E-state index in [2.05, 4.69) is 0 Å². The Kier molecular flexibility index (Phi) is 4.35. The molecule has 0 radical (unpaired) electrons. The summed E-state index contributed by atoms with van der Waals surface area (Å²) < 4.78 is 10.4. The molecule has 88 valence electrons. The van der Waals surface area contributed by atoms with Crippen LogP contribution in [0.1, 0.15) is 35.7 Å². The quantitative estimate of drug-likeness (QED) is 0.718. The Balaban J connectivity index is 3.19. The lowest BCUT2D eigenvalue weighted by atomic mass is 10.0. The molecule has 1 aromatic rings. The third-order valence-corrected chi connectivity index (χ3v) is 2.49. The number of carbonyl (C=O) groups excluding carboxylic acids is 1. The Morgan fingerprint density at radius 2 is 1.81 bits per heavy atom. The van der Waals surface area contributed by atoms with Gasteiger partial charge in [0.25, 0.3) is 0 Å². The van der Waals surface area contributed by atoms with Crippen molar-refractivity contribution in [3.63, 3.8) is 0 Å². The fourth-order valence-corrected chi connectivity index (χ4v) is 1.63. The maximum absolute atomic E-state index is 11.9. The minimum atomic E-state index is 0.0950. The lowest BCUT2D eigenvalue weighted by Crippen LogP contribution is -2.03. The van der Waals surface area contributed by atoms with E-state index in [1.807, 2.05) is 19.9 Å². The molecule has 3 heteroatoms. The van der Waals surface area contributed by atoms with E-state index in [1.54, 1.807) is 20.3 Å². The summed E-state index contributed by atoms with van der Waals surface area (Å²) in [5.41, 5.74) is 1.57. The smallest absolute Gasteiger partial charge is 0.166 e. The summed E-state index contributed by atoms with van der Waals surface area (Å²) in [7, 11) is 3.17. The largest absolute Gasteiger partial charge is 0.496 e. The zero-order valence-corrected chi connectivity index (χ0v) is 10.3. The van der Waals surface area contributed by atoms with Crippen LogP contribution in [0.2, 0.25) is 0 Å². The van der Waals surface area contributed by atoms with Crippen LogP contribution in [0.25, 0.3) is 0 Å². The zero-order chi connectivity index (χ0) is 12.1.